The molecule has 0 aliphatic carbocycles. The van der Waals surface area contributed by atoms with E-state index in [0.29, 0.717) is 44.5 Å². The molecular formula is C24H19BrCl2N4O2S2. The zero-order valence-corrected chi connectivity index (χ0v) is 23.1. The lowest BCUT2D eigenvalue weighted by Gasteiger charge is -2.09. The fourth-order valence-corrected chi connectivity index (χ4v) is 5.54. The lowest BCUT2D eigenvalue weighted by molar-refractivity contribution is 0.0602. The van der Waals surface area contributed by atoms with Crippen LogP contribution in [0.25, 0.3) is 0 Å². The Bertz CT molecular complexity index is 1380. The van der Waals surface area contributed by atoms with Gasteiger partial charge in [0.2, 0.25) is 0 Å². The fraction of sp³-hybridized carbons (Fsp3) is 0.125. The lowest BCUT2D eigenvalue weighted by atomic mass is 10.1. The first-order valence-corrected chi connectivity index (χ1v) is 13.1. The van der Waals surface area contributed by atoms with Gasteiger partial charge in [-0.3, -0.25) is 4.68 Å². The molecule has 0 saturated heterocycles. The number of halogens is 3. The number of thiocarbonyl (C=S) groups is 1. The number of rotatable bonds is 7. The number of esters is 1. The molecule has 0 aliphatic rings. The number of carbonyl (C=O) groups excluding carboxylic acids is 1. The van der Waals surface area contributed by atoms with E-state index in [-0.39, 0.29) is 0 Å². The molecule has 0 aliphatic heterocycles. The van der Waals surface area contributed by atoms with Gasteiger partial charge in [-0.15, -0.1) is 11.3 Å². The molecule has 180 valence electrons. The Kier molecular flexibility index (Phi) is 8.46. The van der Waals surface area contributed by atoms with Gasteiger partial charge in [-0.2, -0.15) is 5.10 Å². The van der Waals surface area contributed by atoms with Crippen LogP contribution in [0.3, 0.4) is 0 Å². The topological polar surface area (TPSA) is 68.2 Å². The molecule has 2 heterocycles. The van der Waals surface area contributed by atoms with E-state index in [0.717, 1.165) is 20.5 Å². The number of hydrogen-bond acceptors (Lipinski definition) is 5. The van der Waals surface area contributed by atoms with Crippen LogP contribution in [0.4, 0.5) is 10.8 Å². The number of thiophene rings is 1. The second kappa shape index (κ2) is 11.5. The van der Waals surface area contributed by atoms with Gasteiger partial charge in [-0.1, -0.05) is 59.6 Å². The summed E-state index contributed by atoms with van der Waals surface area (Å²) in [6.07, 6.45) is 2.51. The zero-order chi connectivity index (χ0) is 24.9. The molecule has 0 bridgehead atoms. The van der Waals surface area contributed by atoms with E-state index >= 15 is 0 Å². The van der Waals surface area contributed by atoms with E-state index in [2.05, 4.69) is 31.7 Å². The summed E-state index contributed by atoms with van der Waals surface area (Å²) in [5.74, 6) is 0.0874. The minimum absolute atomic E-state index is 0.290. The highest BCUT2D eigenvalue weighted by atomic mass is 79.9. The van der Waals surface area contributed by atoms with Gasteiger partial charge in [0, 0.05) is 27.5 Å². The van der Waals surface area contributed by atoms with Gasteiger partial charge in [0.1, 0.15) is 5.00 Å². The maximum absolute atomic E-state index is 12.4. The number of methoxy groups -OCH3 is 1. The Morgan fingerprint density at radius 3 is 2.66 bits per heavy atom. The average molecular weight is 610 g/mol. The molecule has 2 aromatic heterocycles. The number of aromatic nitrogens is 2. The predicted octanol–water partition coefficient (Wildman–Crippen LogP) is 7.25. The SMILES string of the molecule is COC(=O)c1cc(Cc2ccccc2)sc1NC(=S)Nc1nn(Cc2ccc(Cl)cc2Cl)cc1Br. The predicted molar refractivity (Wildman–Crippen MR) is 150 cm³/mol. The molecule has 0 saturated carbocycles. The lowest BCUT2D eigenvalue weighted by Crippen LogP contribution is -2.20. The number of hydrogen-bond donors (Lipinski definition) is 2. The van der Waals surface area contributed by atoms with Gasteiger partial charge in [-0.05, 0) is 57.5 Å². The highest BCUT2D eigenvalue weighted by molar-refractivity contribution is 9.10. The molecule has 0 amide bonds. The van der Waals surface area contributed by atoms with E-state index in [4.69, 9.17) is 40.2 Å². The van der Waals surface area contributed by atoms with E-state index in [9.17, 15) is 4.79 Å². The smallest absolute Gasteiger partial charge is 0.340 e. The number of nitrogens with zero attached hydrogens (tertiary/aromatic N) is 2. The van der Waals surface area contributed by atoms with Crippen LogP contribution < -0.4 is 10.6 Å². The van der Waals surface area contributed by atoms with Crippen LogP contribution in [0.5, 0.6) is 0 Å². The first-order valence-electron chi connectivity index (χ1n) is 10.3. The normalized spacial score (nSPS) is 10.7. The van der Waals surface area contributed by atoms with Gasteiger partial charge in [0.25, 0.3) is 0 Å². The van der Waals surface area contributed by atoms with E-state index in [1.165, 1.54) is 18.4 Å². The summed E-state index contributed by atoms with van der Waals surface area (Å²) in [5, 5.41) is 12.8. The van der Waals surface area contributed by atoms with Crippen molar-refractivity contribution in [1.29, 1.82) is 0 Å². The van der Waals surface area contributed by atoms with Crippen LogP contribution in [0.2, 0.25) is 10.0 Å². The van der Waals surface area contributed by atoms with E-state index in [1.807, 2.05) is 48.7 Å². The molecule has 0 atom stereocenters. The summed E-state index contributed by atoms with van der Waals surface area (Å²) in [4.78, 5) is 13.4. The van der Waals surface area contributed by atoms with Gasteiger partial charge in [-0.25, -0.2) is 4.79 Å². The molecule has 11 heteroatoms. The van der Waals surface area contributed by atoms with Crippen molar-refractivity contribution in [2.45, 2.75) is 13.0 Å². The summed E-state index contributed by atoms with van der Waals surface area (Å²) in [6, 6.07) is 17.2. The van der Waals surface area contributed by atoms with Crippen molar-refractivity contribution in [3.05, 3.63) is 96.9 Å². The van der Waals surface area contributed by atoms with Crippen LogP contribution in [-0.4, -0.2) is 28.0 Å². The monoisotopic (exact) mass is 608 g/mol. The van der Waals surface area contributed by atoms with Crippen molar-refractivity contribution in [3.8, 4) is 0 Å². The largest absolute Gasteiger partial charge is 0.465 e. The number of ether oxygens (including phenoxy) is 1. The van der Waals surface area contributed by atoms with Crippen molar-refractivity contribution in [1.82, 2.24) is 9.78 Å². The van der Waals surface area contributed by atoms with Crippen LogP contribution in [0.15, 0.2) is 65.3 Å². The van der Waals surface area contributed by atoms with Crippen molar-refractivity contribution >= 4 is 84.6 Å². The summed E-state index contributed by atoms with van der Waals surface area (Å²) >= 11 is 22.7. The maximum atomic E-state index is 12.4. The fourth-order valence-electron chi connectivity index (χ4n) is 3.31. The zero-order valence-electron chi connectivity index (χ0n) is 18.3. The highest BCUT2D eigenvalue weighted by Crippen LogP contribution is 2.31. The Morgan fingerprint density at radius 1 is 1.17 bits per heavy atom. The van der Waals surface area contributed by atoms with Gasteiger partial charge >= 0.3 is 5.97 Å². The van der Waals surface area contributed by atoms with Crippen molar-refractivity contribution in [3.63, 3.8) is 0 Å². The third-order valence-corrected chi connectivity index (χ3v) is 7.35. The van der Waals surface area contributed by atoms with Crippen LogP contribution in [-0.2, 0) is 17.7 Å². The van der Waals surface area contributed by atoms with Gasteiger partial charge in [0.05, 0.1) is 23.7 Å². The molecule has 0 unspecified atom stereocenters. The molecular weight excluding hydrogens is 591 g/mol. The highest BCUT2D eigenvalue weighted by Gasteiger charge is 2.19. The van der Waals surface area contributed by atoms with Crippen molar-refractivity contribution < 1.29 is 9.53 Å². The molecule has 0 radical (unpaired) electrons. The third-order valence-electron chi connectivity index (χ3n) is 4.93. The molecule has 6 nitrogen and oxygen atoms in total. The second-order valence-corrected chi connectivity index (χ2v) is 10.7. The number of benzene rings is 2. The summed E-state index contributed by atoms with van der Waals surface area (Å²) in [5.41, 5.74) is 2.45. The summed E-state index contributed by atoms with van der Waals surface area (Å²) in [6.45, 7) is 0.455. The summed E-state index contributed by atoms with van der Waals surface area (Å²) < 4.78 is 7.41. The van der Waals surface area contributed by atoms with Gasteiger partial charge in [0.15, 0.2) is 10.9 Å². The van der Waals surface area contributed by atoms with Gasteiger partial charge < -0.3 is 15.4 Å². The Hall–Kier alpha value is -2.43. The average Bonchev–Trinajstić information content (AvgIpc) is 3.38. The quantitative estimate of drug-likeness (QED) is 0.170. The second-order valence-electron chi connectivity index (χ2n) is 7.45. The Labute approximate surface area is 230 Å². The van der Waals surface area contributed by atoms with Crippen LogP contribution in [0, 0.1) is 0 Å². The Balaban J connectivity index is 1.47. The molecule has 4 rings (SSSR count). The van der Waals surface area contributed by atoms with E-state index < -0.39 is 5.97 Å². The standard InChI is InChI=1S/C24H19BrCl2N4O2S2/c1-33-23(32)18-11-17(9-14-5-3-2-4-6-14)35-22(18)29-24(34)28-21-19(25)13-31(30-21)12-15-7-8-16(26)10-20(15)27/h2-8,10-11,13H,9,12H2,1H3,(H2,28,29,30,34). The minimum atomic E-state index is -0.434. The summed E-state index contributed by atoms with van der Waals surface area (Å²) in [7, 11) is 1.36. The van der Waals surface area contributed by atoms with Crippen LogP contribution in [0.1, 0.15) is 26.4 Å². The van der Waals surface area contributed by atoms with Crippen molar-refractivity contribution in [2.24, 2.45) is 0 Å². The van der Waals surface area contributed by atoms with Crippen LogP contribution >= 0.6 is 62.7 Å². The first-order chi connectivity index (χ1) is 16.8. The molecule has 0 spiro atoms. The molecule has 35 heavy (non-hydrogen) atoms. The molecule has 0 fully saturated rings. The first kappa shape index (κ1) is 25.7. The number of nitrogens with one attached hydrogen (secondary N) is 2. The third kappa shape index (κ3) is 6.62. The Morgan fingerprint density at radius 2 is 1.94 bits per heavy atom. The molecule has 2 aromatic carbocycles. The number of anilines is 2. The molecule has 4 aromatic rings. The molecule has 2 N–H and O–H groups in total. The maximum Gasteiger partial charge on any atom is 0.340 e. The number of carbonyl (C=O) groups is 1. The minimum Gasteiger partial charge on any atom is -0.465 e. The van der Waals surface area contributed by atoms with Crippen molar-refractivity contribution in [2.75, 3.05) is 17.7 Å². The van der Waals surface area contributed by atoms with E-state index in [1.54, 1.807) is 16.8 Å².